The second-order valence-corrected chi connectivity index (χ2v) is 4.44. The maximum Gasteiger partial charge on any atom is 0.200 e. The van der Waals surface area contributed by atoms with Crippen LogP contribution in [0.5, 0.6) is 0 Å². The van der Waals surface area contributed by atoms with Gasteiger partial charge in [-0.05, 0) is 24.8 Å². The Labute approximate surface area is 102 Å². The Bertz CT molecular complexity index is 448. The number of hydrogen-bond donors (Lipinski definition) is 2. The molecule has 2 aromatic rings. The van der Waals surface area contributed by atoms with Crippen molar-refractivity contribution in [1.29, 1.82) is 0 Å². The van der Waals surface area contributed by atoms with Gasteiger partial charge in [0.15, 0.2) is 5.95 Å². The van der Waals surface area contributed by atoms with Gasteiger partial charge in [-0.3, -0.25) is 0 Å². The molecule has 0 aliphatic heterocycles. The molecule has 0 radical (unpaired) electrons. The van der Waals surface area contributed by atoms with Gasteiger partial charge in [0.05, 0.1) is 0 Å². The lowest BCUT2D eigenvalue weighted by Crippen LogP contribution is -2.06. The van der Waals surface area contributed by atoms with E-state index in [-0.39, 0.29) is 0 Å². The van der Waals surface area contributed by atoms with Gasteiger partial charge in [0.1, 0.15) is 0 Å². The predicted molar refractivity (Wildman–Crippen MR) is 71.3 cm³/mol. The van der Waals surface area contributed by atoms with Gasteiger partial charge in [0, 0.05) is 18.4 Å². The maximum absolute atomic E-state index is 4.22. The zero-order chi connectivity index (χ0) is 12.1. The Kier molecular flexibility index (Phi) is 3.81. The Hall–Kier alpha value is -1.77. The third-order valence-corrected chi connectivity index (χ3v) is 2.94. The van der Waals surface area contributed by atoms with E-state index in [4.69, 9.17) is 0 Å². The van der Waals surface area contributed by atoms with Crippen LogP contribution >= 0.6 is 0 Å². The number of benzene rings is 1. The fraction of sp³-hybridized carbons (Fsp3) is 0.357. The maximum atomic E-state index is 4.22. The molecule has 17 heavy (non-hydrogen) atoms. The van der Waals surface area contributed by atoms with Crippen LogP contribution in [0.15, 0.2) is 36.5 Å². The molecule has 3 nitrogen and oxygen atoms in total. The molecule has 90 valence electrons. The molecular formula is C14H19N3. The van der Waals surface area contributed by atoms with E-state index in [1.807, 2.05) is 13.1 Å². The molecule has 3 heteroatoms. The van der Waals surface area contributed by atoms with Crippen molar-refractivity contribution in [2.75, 3.05) is 11.9 Å². The second kappa shape index (κ2) is 5.53. The molecule has 0 fully saturated rings. The second-order valence-electron chi connectivity index (χ2n) is 4.44. The van der Waals surface area contributed by atoms with E-state index in [0.29, 0.717) is 5.92 Å². The van der Waals surface area contributed by atoms with Gasteiger partial charge in [0.25, 0.3) is 0 Å². The third kappa shape index (κ3) is 3.34. The molecule has 1 heterocycles. The smallest absolute Gasteiger partial charge is 0.200 e. The summed E-state index contributed by atoms with van der Waals surface area (Å²) in [7, 11) is 0. The van der Waals surface area contributed by atoms with Gasteiger partial charge in [-0.2, -0.15) is 0 Å². The number of anilines is 1. The minimum Gasteiger partial charge on any atom is -0.356 e. The molecule has 0 spiro atoms. The molecular weight excluding hydrogens is 210 g/mol. The summed E-state index contributed by atoms with van der Waals surface area (Å²) in [5, 5.41) is 3.30. The summed E-state index contributed by atoms with van der Waals surface area (Å²) in [5.74, 6) is 1.43. The van der Waals surface area contributed by atoms with Gasteiger partial charge in [-0.25, -0.2) is 4.98 Å². The molecule has 0 aliphatic rings. The van der Waals surface area contributed by atoms with E-state index in [1.54, 1.807) is 0 Å². The zero-order valence-electron chi connectivity index (χ0n) is 10.4. The van der Waals surface area contributed by atoms with Crippen molar-refractivity contribution in [2.24, 2.45) is 0 Å². The molecule has 0 saturated carbocycles. The largest absolute Gasteiger partial charge is 0.356 e. The number of nitrogens with zero attached hydrogens (tertiary/aromatic N) is 1. The summed E-state index contributed by atoms with van der Waals surface area (Å²) in [5.41, 5.74) is 2.48. The number of imidazole rings is 1. The molecule has 0 bridgehead atoms. The van der Waals surface area contributed by atoms with Crippen molar-refractivity contribution in [1.82, 2.24) is 9.97 Å². The van der Waals surface area contributed by atoms with E-state index in [1.165, 1.54) is 5.56 Å². The molecule has 0 aliphatic carbocycles. The van der Waals surface area contributed by atoms with Crippen molar-refractivity contribution in [2.45, 2.75) is 26.2 Å². The van der Waals surface area contributed by atoms with Crippen LogP contribution < -0.4 is 5.32 Å². The highest BCUT2D eigenvalue weighted by Crippen LogP contribution is 2.18. The van der Waals surface area contributed by atoms with Crippen LogP contribution in [0, 0.1) is 6.92 Å². The molecule has 1 aromatic carbocycles. The molecule has 0 saturated heterocycles. The Morgan fingerprint density at radius 3 is 2.71 bits per heavy atom. The lowest BCUT2D eigenvalue weighted by molar-refractivity contribution is 0.704. The van der Waals surface area contributed by atoms with Crippen LogP contribution in [-0.4, -0.2) is 16.5 Å². The lowest BCUT2D eigenvalue weighted by Gasteiger charge is -2.11. The molecule has 2 rings (SSSR count). The minimum absolute atomic E-state index is 0.569. The van der Waals surface area contributed by atoms with Gasteiger partial charge < -0.3 is 10.3 Å². The third-order valence-electron chi connectivity index (χ3n) is 2.94. The van der Waals surface area contributed by atoms with Crippen LogP contribution in [0.4, 0.5) is 5.95 Å². The van der Waals surface area contributed by atoms with Crippen molar-refractivity contribution < 1.29 is 0 Å². The zero-order valence-corrected chi connectivity index (χ0v) is 10.4. The highest BCUT2D eigenvalue weighted by molar-refractivity contribution is 5.26. The molecule has 0 amide bonds. The molecule has 1 aromatic heterocycles. The first kappa shape index (κ1) is 11.7. The molecule has 2 N–H and O–H groups in total. The average Bonchev–Trinajstić information content (AvgIpc) is 2.76. The van der Waals surface area contributed by atoms with E-state index in [9.17, 15) is 0 Å². The number of H-pyrrole nitrogens is 1. The SMILES string of the molecule is Cc1cnc(NCCC(C)c2ccccc2)[nH]1. The van der Waals surface area contributed by atoms with E-state index in [2.05, 4.69) is 52.5 Å². The quantitative estimate of drug-likeness (QED) is 0.825. The van der Waals surface area contributed by atoms with Gasteiger partial charge in [0.2, 0.25) is 0 Å². The van der Waals surface area contributed by atoms with E-state index >= 15 is 0 Å². The first-order chi connectivity index (χ1) is 8.25. The molecule has 1 atom stereocenters. The molecule has 1 unspecified atom stereocenters. The fourth-order valence-corrected chi connectivity index (χ4v) is 1.86. The lowest BCUT2D eigenvalue weighted by atomic mass is 9.98. The highest BCUT2D eigenvalue weighted by atomic mass is 15.1. The Morgan fingerprint density at radius 2 is 2.06 bits per heavy atom. The normalized spacial score (nSPS) is 12.4. The highest BCUT2D eigenvalue weighted by Gasteiger charge is 2.04. The number of aromatic amines is 1. The van der Waals surface area contributed by atoms with Gasteiger partial charge in [-0.1, -0.05) is 37.3 Å². The van der Waals surface area contributed by atoms with Crippen molar-refractivity contribution in [3.8, 4) is 0 Å². The Balaban J connectivity index is 1.79. The van der Waals surface area contributed by atoms with Crippen LogP contribution in [0.1, 0.15) is 30.5 Å². The minimum atomic E-state index is 0.569. The predicted octanol–water partition coefficient (Wildman–Crippen LogP) is 3.32. The Morgan fingerprint density at radius 1 is 1.29 bits per heavy atom. The number of aromatic nitrogens is 2. The van der Waals surface area contributed by atoms with Crippen LogP contribution in [0.25, 0.3) is 0 Å². The summed E-state index contributed by atoms with van der Waals surface area (Å²) in [6, 6.07) is 10.6. The van der Waals surface area contributed by atoms with Crippen LogP contribution in [0.3, 0.4) is 0 Å². The fourth-order valence-electron chi connectivity index (χ4n) is 1.86. The number of hydrogen-bond acceptors (Lipinski definition) is 2. The van der Waals surface area contributed by atoms with Crippen LogP contribution in [0.2, 0.25) is 0 Å². The monoisotopic (exact) mass is 229 g/mol. The van der Waals surface area contributed by atoms with Gasteiger partial charge in [-0.15, -0.1) is 0 Å². The topological polar surface area (TPSA) is 40.7 Å². The van der Waals surface area contributed by atoms with Gasteiger partial charge >= 0.3 is 0 Å². The summed E-state index contributed by atoms with van der Waals surface area (Å²) in [4.78, 5) is 7.39. The summed E-state index contributed by atoms with van der Waals surface area (Å²) in [6.45, 7) is 5.19. The number of rotatable bonds is 5. The average molecular weight is 229 g/mol. The summed E-state index contributed by atoms with van der Waals surface area (Å²) < 4.78 is 0. The summed E-state index contributed by atoms with van der Waals surface area (Å²) >= 11 is 0. The first-order valence-corrected chi connectivity index (χ1v) is 6.06. The van der Waals surface area contributed by atoms with Crippen LogP contribution in [-0.2, 0) is 0 Å². The van der Waals surface area contributed by atoms with E-state index in [0.717, 1.165) is 24.6 Å². The summed E-state index contributed by atoms with van der Waals surface area (Å²) in [6.07, 6.45) is 2.94. The van der Waals surface area contributed by atoms with E-state index < -0.39 is 0 Å². The van der Waals surface area contributed by atoms with Crippen molar-refractivity contribution in [3.63, 3.8) is 0 Å². The number of aryl methyl sites for hydroxylation is 1. The number of nitrogens with one attached hydrogen (secondary N) is 2. The van der Waals surface area contributed by atoms with Crippen molar-refractivity contribution >= 4 is 5.95 Å². The standard InChI is InChI=1S/C14H19N3/c1-11(13-6-4-3-5-7-13)8-9-15-14-16-10-12(2)17-14/h3-7,10-11H,8-9H2,1-2H3,(H2,15,16,17). The first-order valence-electron chi connectivity index (χ1n) is 6.06. The van der Waals surface area contributed by atoms with Crippen molar-refractivity contribution in [3.05, 3.63) is 47.8 Å².